The third-order valence-corrected chi connectivity index (χ3v) is 8.90. The number of nitrogens with zero attached hydrogens (tertiary/aromatic N) is 3. The first-order chi connectivity index (χ1) is 15.8. The van der Waals surface area contributed by atoms with E-state index in [0.717, 1.165) is 70.4 Å². The maximum Gasteiger partial charge on any atom is 0.137 e. The molecule has 0 amide bonds. The van der Waals surface area contributed by atoms with Crippen LogP contribution in [0.5, 0.6) is 0 Å². The Balaban J connectivity index is 1.01. The second kappa shape index (κ2) is 10.6. The Morgan fingerprint density at radius 3 is 2.53 bits per heavy atom. The summed E-state index contributed by atoms with van der Waals surface area (Å²) in [7, 11) is 0. The first-order valence-corrected chi connectivity index (χ1v) is 13.5. The first-order valence-electron chi connectivity index (χ1n) is 12.7. The molecule has 2 aliphatic heterocycles. The van der Waals surface area contributed by atoms with E-state index in [-0.39, 0.29) is 5.92 Å². The Morgan fingerprint density at radius 1 is 1.00 bits per heavy atom. The van der Waals surface area contributed by atoms with Crippen molar-refractivity contribution in [1.29, 1.82) is 0 Å². The predicted molar refractivity (Wildman–Crippen MR) is 132 cm³/mol. The molecule has 0 radical (unpaired) electrons. The third kappa shape index (κ3) is 5.35. The highest BCUT2D eigenvalue weighted by molar-refractivity contribution is 7.17. The van der Waals surface area contributed by atoms with Gasteiger partial charge in [0, 0.05) is 68.0 Å². The number of piperazine rings is 1. The summed E-state index contributed by atoms with van der Waals surface area (Å²) in [6, 6.07) is 4.33. The van der Waals surface area contributed by atoms with Gasteiger partial charge in [-0.05, 0) is 68.0 Å². The fourth-order valence-electron chi connectivity index (χ4n) is 5.88. The largest absolute Gasteiger partial charge is 0.381 e. The predicted octanol–water partition coefficient (Wildman–Crippen LogP) is 5.00. The Kier molecular flexibility index (Phi) is 7.40. The second-order valence-corrected chi connectivity index (χ2v) is 11.0. The average Bonchev–Trinajstić information content (AvgIpc) is 3.34. The smallest absolute Gasteiger partial charge is 0.137 e. The molecule has 2 aromatic rings. The highest BCUT2D eigenvalue weighted by atomic mass is 32.1. The average molecular weight is 456 g/mol. The summed E-state index contributed by atoms with van der Waals surface area (Å²) in [4.78, 5) is 22.4. The number of ketones is 1. The van der Waals surface area contributed by atoms with Gasteiger partial charge in [-0.15, -0.1) is 11.3 Å². The SMILES string of the molecule is O=C(CC1CCC(CCN2CCN(c3nccc4sccc34)CC2)CC1)C1CCOCC1. The number of fused-ring (bicyclic) bond motifs is 1. The van der Waals surface area contributed by atoms with Gasteiger partial charge < -0.3 is 9.64 Å². The van der Waals surface area contributed by atoms with Crippen molar-refractivity contribution in [2.24, 2.45) is 17.8 Å². The molecule has 0 N–H and O–H groups in total. The number of carbonyl (C=O) groups is 1. The summed E-state index contributed by atoms with van der Waals surface area (Å²) >= 11 is 1.80. The van der Waals surface area contributed by atoms with Crippen LogP contribution in [0.15, 0.2) is 23.7 Å². The van der Waals surface area contributed by atoms with Crippen LogP contribution < -0.4 is 4.90 Å². The molecule has 2 saturated heterocycles. The molecule has 3 fully saturated rings. The lowest BCUT2D eigenvalue weighted by molar-refractivity contribution is -0.126. The fourth-order valence-corrected chi connectivity index (χ4v) is 6.65. The minimum atomic E-state index is 0.280. The van der Waals surface area contributed by atoms with E-state index in [0.29, 0.717) is 11.7 Å². The molecular formula is C26H37N3O2S. The summed E-state index contributed by atoms with van der Waals surface area (Å²) in [5.74, 6) is 3.45. The molecule has 2 aromatic heterocycles. The van der Waals surface area contributed by atoms with E-state index < -0.39 is 0 Å². The lowest BCUT2D eigenvalue weighted by atomic mass is 9.77. The molecule has 3 aliphatic rings. The van der Waals surface area contributed by atoms with E-state index in [4.69, 9.17) is 4.74 Å². The zero-order valence-corrected chi connectivity index (χ0v) is 20.0. The number of ether oxygens (including phenoxy) is 1. The molecule has 0 unspecified atom stereocenters. The van der Waals surface area contributed by atoms with Gasteiger partial charge in [0.1, 0.15) is 11.6 Å². The number of hydrogen-bond acceptors (Lipinski definition) is 6. The van der Waals surface area contributed by atoms with Crippen molar-refractivity contribution in [2.75, 3.05) is 50.8 Å². The van der Waals surface area contributed by atoms with Crippen LogP contribution in [-0.4, -0.2) is 61.6 Å². The van der Waals surface area contributed by atoms with Crippen molar-refractivity contribution in [3.63, 3.8) is 0 Å². The van der Waals surface area contributed by atoms with Gasteiger partial charge >= 0.3 is 0 Å². The number of hydrogen-bond donors (Lipinski definition) is 0. The zero-order chi connectivity index (χ0) is 21.8. The molecule has 1 saturated carbocycles. The van der Waals surface area contributed by atoms with Crippen LogP contribution in [0.4, 0.5) is 5.82 Å². The molecule has 32 heavy (non-hydrogen) atoms. The van der Waals surface area contributed by atoms with Gasteiger partial charge in [0.15, 0.2) is 0 Å². The number of thiophene rings is 1. The van der Waals surface area contributed by atoms with Crippen molar-refractivity contribution in [2.45, 2.75) is 51.4 Å². The van der Waals surface area contributed by atoms with E-state index in [9.17, 15) is 4.79 Å². The van der Waals surface area contributed by atoms with Gasteiger partial charge in [-0.1, -0.05) is 12.8 Å². The molecule has 174 valence electrons. The lowest BCUT2D eigenvalue weighted by Crippen LogP contribution is -2.47. The molecular weight excluding hydrogens is 418 g/mol. The number of aromatic nitrogens is 1. The van der Waals surface area contributed by atoms with Gasteiger partial charge in [-0.25, -0.2) is 4.98 Å². The van der Waals surface area contributed by atoms with Crippen molar-refractivity contribution in [3.05, 3.63) is 23.7 Å². The van der Waals surface area contributed by atoms with Crippen LogP contribution in [0.3, 0.4) is 0 Å². The molecule has 5 rings (SSSR count). The summed E-state index contributed by atoms with van der Waals surface area (Å²) < 4.78 is 6.75. The van der Waals surface area contributed by atoms with Gasteiger partial charge in [-0.2, -0.15) is 0 Å². The molecule has 5 nitrogen and oxygen atoms in total. The summed E-state index contributed by atoms with van der Waals surface area (Å²) in [5, 5.41) is 3.47. The quantitative estimate of drug-likeness (QED) is 0.588. The van der Waals surface area contributed by atoms with Crippen molar-refractivity contribution in [1.82, 2.24) is 9.88 Å². The van der Waals surface area contributed by atoms with Crippen LogP contribution in [0.2, 0.25) is 0 Å². The maximum absolute atomic E-state index is 12.6. The van der Waals surface area contributed by atoms with E-state index in [2.05, 4.69) is 32.3 Å². The normalized spacial score (nSPS) is 25.9. The Labute approximate surface area is 196 Å². The molecule has 1 aliphatic carbocycles. The number of pyridine rings is 1. The number of rotatable bonds is 7. The first kappa shape index (κ1) is 22.3. The van der Waals surface area contributed by atoms with Crippen LogP contribution in [0.1, 0.15) is 51.4 Å². The maximum atomic E-state index is 12.6. The molecule has 0 atom stereocenters. The number of carbonyl (C=O) groups excluding carboxylic acids is 1. The Morgan fingerprint density at radius 2 is 1.75 bits per heavy atom. The number of Topliss-reactive ketones (excluding diaryl/α,β-unsaturated/α-hetero) is 1. The Hall–Kier alpha value is -1.50. The van der Waals surface area contributed by atoms with Gasteiger partial charge in [0.25, 0.3) is 0 Å². The van der Waals surface area contributed by atoms with Crippen molar-refractivity contribution >= 4 is 33.0 Å². The molecule has 0 aromatic carbocycles. The highest BCUT2D eigenvalue weighted by Crippen LogP contribution is 2.34. The monoisotopic (exact) mass is 455 g/mol. The molecule has 0 spiro atoms. The second-order valence-electron chi connectivity index (χ2n) is 10.0. The molecule has 6 heteroatoms. The van der Waals surface area contributed by atoms with E-state index >= 15 is 0 Å². The minimum absolute atomic E-state index is 0.280. The van der Waals surface area contributed by atoms with E-state index in [1.54, 1.807) is 11.3 Å². The van der Waals surface area contributed by atoms with Gasteiger partial charge in [-0.3, -0.25) is 9.69 Å². The third-order valence-electron chi connectivity index (χ3n) is 8.02. The van der Waals surface area contributed by atoms with Crippen LogP contribution in [0.25, 0.3) is 10.1 Å². The topological polar surface area (TPSA) is 45.7 Å². The van der Waals surface area contributed by atoms with Crippen LogP contribution >= 0.6 is 11.3 Å². The minimum Gasteiger partial charge on any atom is -0.381 e. The fraction of sp³-hybridized carbons (Fsp3) is 0.692. The van der Waals surface area contributed by atoms with E-state index in [1.165, 1.54) is 48.7 Å². The van der Waals surface area contributed by atoms with Crippen molar-refractivity contribution < 1.29 is 9.53 Å². The lowest BCUT2D eigenvalue weighted by Gasteiger charge is -2.37. The molecule has 4 heterocycles. The highest BCUT2D eigenvalue weighted by Gasteiger charge is 2.28. The van der Waals surface area contributed by atoms with Crippen LogP contribution in [0, 0.1) is 17.8 Å². The van der Waals surface area contributed by atoms with E-state index in [1.807, 2.05) is 6.20 Å². The summed E-state index contributed by atoms with van der Waals surface area (Å²) in [5.41, 5.74) is 0. The van der Waals surface area contributed by atoms with Crippen molar-refractivity contribution in [3.8, 4) is 0 Å². The standard InChI is InChI=1S/C26H37N3O2S/c30-24(22-7-16-31-17-8-22)19-21-3-1-20(2-4-21)6-11-28-12-14-29(15-13-28)26-23-9-18-32-25(23)5-10-27-26/h5,9-10,18,20-22H,1-4,6-8,11-17,19H2. The van der Waals surface area contributed by atoms with Gasteiger partial charge in [0.2, 0.25) is 0 Å². The number of anilines is 1. The van der Waals surface area contributed by atoms with Gasteiger partial charge in [0.05, 0.1) is 0 Å². The summed E-state index contributed by atoms with van der Waals surface area (Å²) in [6.07, 6.45) is 11.1. The summed E-state index contributed by atoms with van der Waals surface area (Å²) in [6.45, 7) is 7.19. The Bertz CT molecular complexity index is 878. The van der Waals surface area contributed by atoms with Crippen LogP contribution in [-0.2, 0) is 9.53 Å². The molecule has 0 bridgehead atoms. The zero-order valence-electron chi connectivity index (χ0n) is 19.2.